The lowest BCUT2D eigenvalue weighted by Gasteiger charge is -2.23. The summed E-state index contributed by atoms with van der Waals surface area (Å²) in [6, 6.07) is 9.82. The fourth-order valence-electron chi connectivity index (χ4n) is 2.52. The Labute approximate surface area is 142 Å². The maximum atomic E-state index is 10.1. The molecule has 0 saturated carbocycles. The summed E-state index contributed by atoms with van der Waals surface area (Å²) < 4.78 is 2.06. The molecule has 1 atom stereocenters. The van der Waals surface area contributed by atoms with E-state index in [4.69, 9.17) is 0 Å². The number of rotatable bonds is 4. The van der Waals surface area contributed by atoms with Crippen molar-refractivity contribution < 1.29 is 5.11 Å². The van der Waals surface area contributed by atoms with E-state index in [0.717, 1.165) is 26.6 Å². The molecule has 0 aliphatic heterocycles. The molecule has 112 valence electrons. The van der Waals surface area contributed by atoms with E-state index in [2.05, 4.69) is 70.1 Å². The first-order chi connectivity index (χ1) is 9.92. The average molecular weight is 413 g/mol. The Morgan fingerprint density at radius 3 is 2.24 bits per heavy atom. The molecule has 4 heteroatoms. The number of phenols is 1. The lowest BCUT2D eigenvalue weighted by molar-refractivity contribution is 0.462. The van der Waals surface area contributed by atoms with Crippen molar-refractivity contribution in [3.05, 3.63) is 56.0 Å². The molecule has 0 aliphatic carbocycles. The number of halogens is 2. The van der Waals surface area contributed by atoms with Crippen LogP contribution in [-0.2, 0) is 0 Å². The summed E-state index contributed by atoms with van der Waals surface area (Å²) >= 11 is 7.00. The summed E-state index contributed by atoms with van der Waals surface area (Å²) in [6.07, 6.45) is 0.888. The van der Waals surface area contributed by atoms with E-state index < -0.39 is 0 Å². The Morgan fingerprint density at radius 2 is 1.67 bits per heavy atom. The van der Waals surface area contributed by atoms with Crippen LogP contribution in [-0.4, -0.2) is 5.11 Å². The van der Waals surface area contributed by atoms with Gasteiger partial charge in [0, 0.05) is 20.2 Å². The number of anilines is 1. The molecule has 2 aromatic carbocycles. The third-order valence-electron chi connectivity index (χ3n) is 3.59. The predicted octanol–water partition coefficient (Wildman–Crippen LogP) is 6.10. The fraction of sp³-hybridized carbons (Fsp3) is 0.294. The van der Waals surface area contributed by atoms with Crippen molar-refractivity contribution in [3.8, 4) is 5.75 Å². The zero-order valence-electron chi connectivity index (χ0n) is 12.4. The van der Waals surface area contributed by atoms with Gasteiger partial charge in [0.05, 0.1) is 6.04 Å². The van der Waals surface area contributed by atoms with Gasteiger partial charge >= 0.3 is 0 Å². The Kier molecular flexibility index (Phi) is 5.33. The Hall–Kier alpha value is -1.00. The van der Waals surface area contributed by atoms with Crippen molar-refractivity contribution in [1.82, 2.24) is 0 Å². The molecule has 2 nitrogen and oxygen atoms in total. The van der Waals surface area contributed by atoms with Crippen LogP contribution in [0.2, 0.25) is 0 Å². The highest BCUT2D eigenvalue weighted by Gasteiger charge is 2.16. The first-order valence-corrected chi connectivity index (χ1v) is 8.52. The van der Waals surface area contributed by atoms with Crippen LogP contribution in [0.5, 0.6) is 5.75 Å². The standard InChI is InChI=1S/C17H19Br2NO/c1-4-15(14-9-12(18)5-6-16(14)21)20-17-10(2)7-13(19)8-11(17)3/h5-9,15,20-21H,4H2,1-3H3. The molecule has 0 aliphatic rings. The van der Waals surface area contributed by atoms with Crippen LogP contribution in [0.3, 0.4) is 0 Å². The van der Waals surface area contributed by atoms with Gasteiger partial charge in [0.1, 0.15) is 5.75 Å². The van der Waals surface area contributed by atoms with Crippen LogP contribution >= 0.6 is 31.9 Å². The number of aryl methyl sites for hydroxylation is 2. The van der Waals surface area contributed by atoms with Crippen LogP contribution in [0.1, 0.15) is 36.1 Å². The van der Waals surface area contributed by atoms with Crippen molar-refractivity contribution in [2.75, 3.05) is 5.32 Å². The highest BCUT2D eigenvalue weighted by Crippen LogP contribution is 2.34. The molecule has 2 aromatic rings. The van der Waals surface area contributed by atoms with Gasteiger partial charge in [-0.2, -0.15) is 0 Å². The van der Waals surface area contributed by atoms with E-state index in [9.17, 15) is 5.11 Å². The minimum absolute atomic E-state index is 0.0704. The summed E-state index contributed by atoms with van der Waals surface area (Å²) in [4.78, 5) is 0. The van der Waals surface area contributed by atoms with Crippen molar-refractivity contribution >= 4 is 37.5 Å². The van der Waals surface area contributed by atoms with Gasteiger partial charge in [0.25, 0.3) is 0 Å². The molecule has 21 heavy (non-hydrogen) atoms. The maximum Gasteiger partial charge on any atom is 0.120 e. The maximum absolute atomic E-state index is 10.1. The number of aromatic hydroxyl groups is 1. The molecule has 0 fully saturated rings. The topological polar surface area (TPSA) is 32.3 Å². The second-order valence-electron chi connectivity index (χ2n) is 5.22. The molecule has 0 radical (unpaired) electrons. The first kappa shape index (κ1) is 16.4. The Morgan fingerprint density at radius 1 is 1.05 bits per heavy atom. The summed E-state index contributed by atoms with van der Waals surface area (Å²) in [5.41, 5.74) is 4.42. The third-order valence-corrected chi connectivity index (χ3v) is 4.54. The summed E-state index contributed by atoms with van der Waals surface area (Å²) in [5, 5.41) is 13.7. The first-order valence-electron chi connectivity index (χ1n) is 6.94. The number of nitrogens with one attached hydrogen (secondary N) is 1. The molecule has 1 unspecified atom stereocenters. The number of phenolic OH excluding ortho intramolecular Hbond substituents is 1. The van der Waals surface area contributed by atoms with E-state index in [1.54, 1.807) is 6.07 Å². The average Bonchev–Trinajstić information content (AvgIpc) is 2.41. The van der Waals surface area contributed by atoms with E-state index in [1.807, 2.05) is 12.1 Å². The minimum atomic E-state index is 0.0704. The minimum Gasteiger partial charge on any atom is -0.508 e. The molecule has 0 bridgehead atoms. The van der Waals surface area contributed by atoms with Crippen molar-refractivity contribution in [3.63, 3.8) is 0 Å². The molecule has 0 spiro atoms. The Bertz CT molecular complexity index is 632. The lowest BCUT2D eigenvalue weighted by Crippen LogP contribution is -2.12. The van der Waals surface area contributed by atoms with Gasteiger partial charge in [-0.25, -0.2) is 0 Å². The van der Waals surface area contributed by atoms with Gasteiger partial charge in [-0.15, -0.1) is 0 Å². The van der Waals surface area contributed by atoms with Crippen LogP contribution in [0, 0.1) is 13.8 Å². The van der Waals surface area contributed by atoms with Crippen molar-refractivity contribution in [2.45, 2.75) is 33.2 Å². The normalized spacial score (nSPS) is 12.2. The van der Waals surface area contributed by atoms with Crippen molar-refractivity contribution in [1.29, 1.82) is 0 Å². The highest BCUT2D eigenvalue weighted by atomic mass is 79.9. The van der Waals surface area contributed by atoms with Gasteiger partial charge in [0.15, 0.2) is 0 Å². The molecule has 0 saturated heterocycles. The van der Waals surface area contributed by atoms with Crippen LogP contribution < -0.4 is 5.32 Å². The van der Waals surface area contributed by atoms with Gasteiger partial charge in [-0.1, -0.05) is 38.8 Å². The van der Waals surface area contributed by atoms with E-state index in [1.165, 1.54) is 11.1 Å². The molecular formula is C17H19Br2NO. The zero-order valence-corrected chi connectivity index (χ0v) is 15.5. The number of hydrogen-bond donors (Lipinski definition) is 2. The largest absolute Gasteiger partial charge is 0.508 e. The lowest BCUT2D eigenvalue weighted by atomic mass is 10.0. The molecule has 0 aromatic heterocycles. The second kappa shape index (κ2) is 6.84. The van der Waals surface area contributed by atoms with Gasteiger partial charge in [-0.05, 0) is 61.7 Å². The fourth-order valence-corrected chi connectivity index (χ4v) is 3.58. The van der Waals surface area contributed by atoms with E-state index in [-0.39, 0.29) is 6.04 Å². The van der Waals surface area contributed by atoms with Gasteiger partial charge in [-0.3, -0.25) is 0 Å². The monoisotopic (exact) mass is 411 g/mol. The van der Waals surface area contributed by atoms with E-state index >= 15 is 0 Å². The summed E-state index contributed by atoms with van der Waals surface area (Å²) in [5.74, 6) is 0.324. The molecule has 0 heterocycles. The molecular weight excluding hydrogens is 394 g/mol. The Balaban J connectivity index is 2.38. The molecule has 2 rings (SSSR count). The number of benzene rings is 2. The smallest absolute Gasteiger partial charge is 0.120 e. The summed E-state index contributed by atoms with van der Waals surface area (Å²) in [7, 11) is 0. The molecule has 2 N–H and O–H groups in total. The van der Waals surface area contributed by atoms with E-state index in [0.29, 0.717) is 5.75 Å². The highest BCUT2D eigenvalue weighted by molar-refractivity contribution is 9.10. The second-order valence-corrected chi connectivity index (χ2v) is 7.05. The van der Waals surface area contributed by atoms with Gasteiger partial charge in [0.2, 0.25) is 0 Å². The summed E-state index contributed by atoms with van der Waals surface area (Å²) in [6.45, 7) is 6.29. The third kappa shape index (κ3) is 3.80. The number of hydrogen-bond acceptors (Lipinski definition) is 2. The van der Waals surface area contributed by atoms with Crippen LogP contribution in [0.15, 0.2) is 39.3 Å². The van der Waals surface area contributed by atoms with Crippen molar-refractivity contribution in [2.24, 2.45) is 0 Å². The quantitative estimate of drug-likeness (QED) is 0.635. The molecule has 0 amide bonds. The van der Waals surface area contributed by atoms with Gasteiger partial charge < -0.3 is 10.4 Å². The predicted molar refractivity (Wildman–Crippen MR) is 96.1 cm³/mol. The SMILES string of the molecule is CCC(Nc1c(C)cc(Br)cc1C)c1cc(Br)ccc1O. The zero-order chi connectivity index (χ0) is 15.6. The van der Waals surface area contributed by atoms with Crippen LogP contribution in [0.4, 0.5) is 5.69 Å². The van der Waals surface area contributed by atoms with Crippen LogP contribution in [0.25, 0.3) is 0 Å².